The molecule has 5 nitrogen and oxygen atoms in total. The Morgan fingerprint density at radius 1 is 1.03 bits per heavy atom. The number of nitrogens with zero attached hydrogens (tertiary/aromatic N) is 2. The van der Waals surface area contributed by atoms with Crippen LogP contribution < -0.4 is 10.1 Å². The van der Waals surface area contributed by atoms with E-state index in [0.717, 1.165) is 17.6 Å². The van der Waals surface area contributed by atoms with Gasteiger partial charge in [0.15, 0.2) is 0 Å². The summed E-state index contributed by atoms with van der Waals surface area (Å²) < 4.78 is 46.6. The monoisotopic (exact) mass is 467 g/mol. The molecule has 0 saturated carbocycles. The lowest BCUT2D eigenvalue weighted by Gasteiger charge is -2.12. The molecule has 1 N–H and O–H groups in total. The Morgan fingerprint density at radius 3 is 2.38 bits per heavy atom. The van der Waals surface area contributed by atoms with Gasteiger partial charge >= 0.3 is 6.18 Å². The standard InChI is InChI=1S/C26H24F3N3O2/c1-17(2)30-25(33)19-10-13-23-22(14-19)31-24(16-34-21-6-4-3-5-7-21)32(23)15-18-8-11-20(12-9-18)26(27,28)29/h3-14,17H,15-16H2,1-2H3,(H,30,33). The lowest BCUT2D eigenvalue weighted by molar-refractivity contribution is -0.137. The number of fused-ring (bicyclic) bond motifs is 1. The molecule has 1 heterocycles. The van der Waals surface area contributed by atoms with Gasteiger partial charge in [-0.1, -0.05) is 30.3 Å². The van der Waals surface area contributed by atoms with Crippen LogP contribution in [-0.2, 0) is 19.3 Å². The molecule has 4 aromatic rings. The molecule has 0 spiro atoms. The summed E-state index contributed by atoms with van der Waals surface area (Å²) >= 11 is 0. The molecule has 0 fully saturated rings. The SMILES string of the molecule is CC(C)NC(=O)c1ccc2c(c1)nc(COc1ccccc1)n2Cc1ccc(C(F)(F)F)cc1. The molecule has 0 aliphatic heterocycles. The Hall–Kier alpha value is -3.81. The second-order valence-electron chi connectivity index (χ2n) is 8.24. The van der Waals surface area contributed by atoms with Crippen LogP contribution >= 0.6 is 0 Å². The highest BCUT2D eigenvalue weighted by Crippen LogP contribution is 2.29. The molecule has 8 heteroatoms. The van der Waals surface area contributed by atoms with Crippen molar-refractivity contribution in [3.8, 4) is 5.75 Å². The number of hydrogen-bond acceptors (Lipinski definition) is 3. The van der Waals surface area contributed by atoms with Gasteiger partial charge in [-0.05, 0) is 61.9 Å². The van der Waals surface area contributed by atoms with Gasteiger partial charge in [0.05, 0.1) is 16.6 Å². The molecule has 0 radical (unpaired) electrons. The third kappa shape index (κ3) is 5.39. The van der Waals surface area contributed by atoms with Crippen LogP contribution in [0, 0.1) is 0 Å². The summed E-state index contributed by atoms with van der Waals surface area (Å²) in [6.45, 7) is 4.23. The van der Waals surface area contributed by atoms with Gasteiger partial charge in [-0.25, -0.2) is 4.98 Å². The van der Waals surface area contributed by atoms with Crippen LogP contribution in [-0.4, -0.2) is 21.5 Å². The molecule has 4 rings (SSSR count). The number of rotatable bonds is 7. The number of amides is 1. The summed E-state index contributed by atoms with van der Waals surface area (Å²) in [6.07, 6.45) is -4.39. The van der Waals surface area contributed by atoms with Crippen LogP contribution in [0.25, 0.3) is 11.0 Å². The Labute approximate surface area is 195 Å². The van der Waals surface area contributed by atoms with E-state index in [9.17, 15) is 18.0 Å². The van der Waals surface area contributed by atoms with Crippen LogP contribution in [0.2, 0.25) is 0 Å². The highest BCUT2D eigenvalue weighted by Gasteiger charge is 2.30. The number of aromatic nitrogens is 2. The Morgan fingerprint density at radius 2 is 1.74 bits per heavy atom. The summed E-state index contributed by atoms with van der Waals surface area (Å²) in [5, 5.41) is 2.86. The van der Waals surface area contributed by atoms with Crippen molar-refractivity contribution in [1.29, 1.82) is 0 Å². The fraction of sp³-hybridized carbons (Fsp3) is 0.231. The third-order valence-electron chi connectivity index (χ3n) is 5.24. The van der Waals surface area contributed by atoms with E-state index in [1.165, 1.54) is 12.1 Å². The topological polar surface area (TPSA) is 56.1 Å². The van der Waals surface area contributed by atoms with Gasteiger partial charge < -0.3 is 14.6 Å². The number of hydrogen-bond donors (Lipinski definition) is 1. The lowest BCUT2D eigenvalue weighted by atomic mass is 10.1. The van der Waals surface area contributed by atoms with E-state index >= 15 is 0 Å². The number of nitrogens with one attached hydrogen (secondary N) is 1. The Balaban J connectivity index is 1.68. The smallest absolute Gasteiger partial charge is 0.416 e. The van der Waals surface area contributed by atoms with Gasteiger partial charge in [-0.15, -0.1) is 0 Å². The van der Waals surface area contributed by atoms with Crippen molar-refractivity contribution >= 4 is 16.9 Å². The molecule has 0 aliphatic rings. The molecule has 1 aromatic heterocycles. The predicted molar refractivity (Wildman–Crippen MR) is 124 cm³/mol. The van der Waals surface area contributed by atoms with Crippen LogP contribution in [0.4, 0.5) is 13.2 Å². The van der Waals surface area contributed by atoms with Crippen molar-refractivity contribution in [3.63, 3.8) is 0 Å². The van der Waals surface area contributed by atoms with Crippen molar-refractivity contribution in [1.82, 2.24) is 14.9 Å². The lowest BCUT2D eigenvalue weighted by Crippen LogP contribution is -2.29. The average molecular weight is 467 g/mol. The van der Waals surface area contributed by atoms with Crippen LogP contribution in [0.1, 0.15) is 41.2 Å². The third-order valence-corrected chi connectivity index (χ3v) is 5.24. The van der Waals surface area contributed by atoms with Crippen molar-refractivity contribution in [2.75, 3.05) is 0 Å². The first-order chi connectivity index (χ1) is 16.2. The van der Waals surface area contributed by atoms with E-state index in [4.69, 9.17) is 4.74 Å². The molecule has 0 bridgehead atoms. The molecule has 0 atom stereocenters. The van der Waals surface area contributed by atoms with E-state index in [1.807, 2.05) is 48.7 Å². The zero-order valence-corrected chi connectivity index (χ0v) is 18.8. The van der Waals surface area contributed by atoms with Gasteiger partial charge in [0.2, 0.25) is 0 Å². The molecular formula is C26H24F3N3O2. The number of ether oxygens (including phenoxy) is 1. The van der Waals surface area contributed by atoms with E-state index in [-0.39, 0.29) is 18.6 Å². The second-order valence-corrected chi connectivity index (χ2v) is 8.24. The maximum Gasteiger partial charge on any atom is 0.416 e. The highest BCUT2D eigenvalue weighted by molar-refractivity contribution is 5.97. The van der Waals surface area contributed by atoms with Gasteiger partial charge in [-0.2, -0.15) is 13.2 Å². The minimum atomic E-state index is -4.39. The summed E-state index contributed by atoms with van der Waals surface area (Å²) in [5.74, 6) is 1.07. The summed E-state index contributed by atoms with van der Waals surface area (Å²) in [6, 6.07) is 19.6. The first kappa shape index (κ1) is 23.4. The maximum absolute atomic E-state index is 12.9. The second kappa shape index (κ2) is 9.59. The zero-order valence-electron chi connectivity index (χ0n) is 18.8. The Kier molecular flexibility index (Phi) is 6.58. The maximum atomic E-state index is 12.9. The van der Waals surface area contributed by atoms with Crippen molar-refractivity contribution < 1.29 is 22.7 Å². The fourth-order valence-corrected chi connectivity index (χ4v) is 3.60. The summed E-state index contributed by atoms with van der Waals surface area (Å²) in [4.78, 5) is 17.1. The predicted octanol–water partition coefficient (Wildman–Crippen LogP) is 5.82. The van der Waals surface area contributed by atoms with Gasteiger partial charge in [0, 0.05) is 18.2 Å². The largest absolute Gasteiger partial charge is 0.486 e. The molecule has 0 aliphatic carbocycles. The van der Waals surface area contributed by atoms with Gasteiger partial charge in [0.25, 0.3) is 5.91 Å². The number of benzene rings is 3. The Bertz CT molecular complexity index is 1280. The molecular weight excluding hydrogens is 443 g/mol. The molecule has 0 unspecified atom stereocenters. The van der Waals surface area contributed by atoms with Crippen molar-refractivity contribution in [2.45, 2.75) is 39.2 Å². The summed E-state index contributed by atoms with van der Waals surface area (Å²) in [7, 11) is 0. The van der Waals surface area contributed by atoms with E-state index in [0.29, 0.717) is 34.8 Å². The molecule has 3 aromatic carbocycles. The van der Waals surface area contributed by atoms with Gasteiger partial charge in [-0.3, -0.25) is 4.79 Å². The number of para-hydroxylation sites is 1. The minimum absolute atomic E-state index is 0.00439. The molecule has 1 amide bonds. The van der Waals surface area contributed by atoms with Crippen molar-refractivity contribution in [2.24, 2.45) is 0 Å². The number of imidazole rings is 1. The normalized spacial score (nSPS) is 11.7. The molecule has 34 heavy (non-hydrogen) atoms. The first-order valence-corrected chi connectivity index (χ1v) is 10.8. The van der Waals surface area contributed by atoms with Crippen LogP contribution in [0.3, 0.4) is 0 Å². The number of alkyl halides is 3. The summed E-state index contributed by atoms with van der Waals surface area (Å²) in [5.41, 5.74) is 1.84. The minimum Gasteiger partial charge on any atom is -0.486 e. The van der Waals surface area contributed by atoms with Gasteiger partial charge in [0.1, 0.15) is 18.2 Å². The number of carbonyl (C=O) groups is 1. The van der Waals surface area contributed by atoms with E-state index in [1.54, 1.807) is 18.2 Å². The average Bonchev–Trinajstić information content (AvgIpc) is 3.14. The molecule has 176 valence electrons. The fourth-order valence-electron chi connectivity index (χ4n) is 3.60. The van der Waals surface area contributed by atoms with E-state index < -0.39 is 11.7 Å². The van der Waals surface area contributed by atoms with Crippen molar-refractivity contribution in [3.05, 3.63) is 95.3 Å². The first-order valence-electron chi connectivity index (χ1n) is 10.8. The van der Waals surface area contributed by atoms with E-state index in [2.05, 4.69) is 10.3 Å². The quantitative estimate of drug-likeness (QED) is 0.373. The highest BCUT2D eigenvalue weighted by atomic mass is 19.4. The number of halogens is 3. The molecule has 0 saturated heterocycles. The zero-order chi connectivity index (χ0) is 24.3. The number of carbonyl (C=O) groups excluding carboxylic acids is 1. The van der Waals surface area contributed by atoms with Crippen LogP contribution in [0.5, 0.6) is 5.75 Å². The van der Waals surface area contributed by atoms with Crippen LogP contribution in [0.15, 0.2) is 72.8 Å².